The van der Waals surface area contributed by atoms with Gasteiger partial charge in [-0.2, -0.15) is 0 Å². The van der Waals surface area contributed by atoms with Crippen molar-refractivity contribution in [3.63, 3.8) is 0 Å². The highest BCUT2D eigenvalue weighted by molar-refractivity contribution is 6.05. The fraction of sp³-hybridized carbons (Fsp3) is 0.0714. The Balaban J connectivity index is 2.67. The molecule has 0 bridgehead atoms. The summed E-state index contributed by atoms with van der Waals surface area (Å²) in [5.74, 6) is -1.18. The molecule has 0 aliphatic heterocycles. The van der Waals surface area contributed by atoms with Crippen molar-refractivity contribution in [1.82, 2.24) is 0 Å². The quantitative estimate of drug-likeness (QED) is 0.472. The maximum absolute atomic E-state index is 12.4. The maximum Gasteiger partial charge on any atom is 0.423 e. The van der Waals surface area contributed by atoms with E-state index in [9.17, 15) is 40.2 Å². The summed E-state index contributed by atoms with van der Waals surface area (Å²) >= 11 is 0. The van der Waals surface area contributed by atoms with Gasteiger partial charge in [0.25, 0.3) is 0 Å². The van der Waals surface area contributed by atoms with E-state index >= 15 is 0 Å². The average Bonchev–Trinajstić information content (AvgIpc) is 2.59. The molecule has 1 atom stereocenters. The lowest BCUT2D eigenvalue weighted by Crippen LogP contribution is -2.15. The normalized spacial score (nSPS) is 11.6. The van der Waals surface area contributed by atoms with Crippen LogP contribution < -0.4 is 0 Å². The number of hydrogen-bond donors (Lipinski definition) is 1. The third-order valence-corrected chi connectivity index (χ3v) is 3.32. The molecule has 0 saturated carbocycles. The van der Waals surface area contributed by atoms with Crippen LogP contribution in [0.3, 0.4) is 0 Å². The molecule has 0 aliphatic carbocycles. The second kappa shape index (κ2) is 6.80. The first-order chi connectivity index (χ1) is 11.8. The molecule has 2 rings (SSSR count). The Morgan fingerprint density at radius 2 is 1.40 bits per heavy atom. The van der Waals surface area contributed by atoms with Gasteiger partial charge in [-0.1, -0.05) is 30.3 Å². The molecule has 0 radical (unpaired) electrons. The Labute approximate surface area is 138 Å². The van der Waals surface area contributed by atoms with Gasteiger partial charge < -0.3 is 5.11 Å². The lowest BCUT2D eigenvalue weighted by Gasteiger charge is -2.10. The van der Waals surface area contributed by atoms with Crippen molar-refractivity contribution in [2.24, 2.45) is 0 Å². The van der Waals surface area contributed by atoms with Crippen molar-refractivity contribution >= 4 is 22.8 Å². The Kier molecular flexibility index (Phi) is 4.79. The Morgan fingerprint density at radius 1 is 0.840 bits per heavy atom. The predicted octanol–water partition coefficient (Wildman–Crippen LogP) is 2.33. The van der Waals surface area contributed by atoms with Gasteiger partial charge in [-0.15, -0.1) is 0 Å². The number of benzene rings is 2. The Bertz CT molecular complexity index is 881. The number of aliphatic hydroxyl groups excluding tert-OH is 1. The van der Waals surface area contributed by atoms with Gasteiger partial charge in [0.2, 0.25) is 5.78 Å². The highest BCUT2D eigenvalue weighted by Crippen LogP contribution is 2.40. The first kappa shape index (κ1) is 17.6. The number of ketones is 1. The van der Waals surface area contributed by atoms with Crippen LogP contribution in [0, 0.1) is 30.3 Å². The van der Waals surface area contributed by atoms with Gasteiger partial charge in [0.05, 0.1) is 14.8 Å². The number of nitro groups is 3. The van der Waals surface area contributed by atoms with Crippen molar-refractivity contribution in [2.45, 2.75) is 6.10 Å². The van der Waals surface area contributed by atoms with E-state index in [1.54, 1.807) is 6.07 Å². The fourth-order valence-corrected chi connectivity index (χ4v) is 2.21. The molecule has 0 spiro atoms. The molecule has 128 valence electrons. The van der Waals surface area contributed by atoms with Crippen LogP contribution in [-0.2, 0) is 0 Å². The molecule has 0 heterocycles. The zero-order valence-electron chi connectivity index (χ0n) is 12.3. The van der Waals surface area contributed by atoms with Crippen LogP contribution in [-0.4, -0.2) is 25.7 Å². The van der Waals surface area contributed by atoms with E-state index in [0.29, 0.717) is 6.07 Å². The minimum Gasteiger partial charge on any atom is -0.380 e. The zero-order valence-corrected chi connectivity index (χ0v) is 12.3. The Morgan fingerprint density at radius 3 is 1.88 bits per heavy atom. The third kappa shape index (κ3) is 3.30. The molecule has 25 heavy (non-hydrogen) atoms. The minimum absolute atomic E-state index is 0.114. The first-order valence-corrected chi connectivity index (χ1v) is 6.63. The summed E-state index contributed by atoms with van der Waals surface area (Å²) in [6, 6.07) is 8.74. The summed E-state index contributed by atoms with van der Waals surface area (Å²) < 4.78 is 0. The number of aliphatic hydroxyl groups is 1. The number of Topliss-reactive ketones (excluding diaryl/α,β-unsaturated/α-hetero) is 1. The van der Waals surface area contributed by atoms with Crippen molar-refractivity contribution in [3.8, 4) is 0 Å². The Hall–Kier alpha value is -3.73. The third-order valence-electron chi connectivity index (χ3n) is 3.32. The average molecular weight is 347 g/mol. The maximum atomic E-state index is 12.4. The van der Waals surface area contributed by atoms with Gasteiger partial charge in [-0.05, 0) is 11.6 Å². The largest absolute Gasteiger partial charge is 0.423 e. The fourth-order valence-electron chi connectivity index (χ4n) is 2.21. The number of rotatable bonds is 6. The SMILES string of the molecule is O=C(c1ccc([N+](=O)[O-])c([N+](=O)[O-])c1[N+](=O)[O-])C(O)c1ccccc1. The molecule has 0 fully saturated rings. The van der Waals surface area contributed by atoms with E-state index in [0.717, 1.165) is 6.07 Å². The van der Waals surface area contributed by atoms with Crippen LogP contribution in [0.25, 0.3) is 0 Å². The summed E-state index contributed by atoms with van der Waals surface area (Å²) in [5, 5.41) is 43.3. The molecule has 11 nitrogen and oxygen atoms in total. The molecular weight excluding hydrogens is 338 g/mol. The van der Waals surface area contributed by atoms with Crippen LogP contribution in [0.4, 0.5) is 17.1 Å². The summed E-state index contributed by atoms with van der Waals surface area (Å²) in [6.07, 6.45) is -1.82. The van der Waals surface area contributed by atoms with E-state index < -0.39 is 49.3 Å². The lowest BCUT2D eigenvalue weighted by molar-refractivity contribution is -0.441. The zero-order chi connectivity index (χ0) is 18.7. The number of carbonyl (C=O) groups is 1. The van der Waals surface area contributed by atoms with Gasteiger partial charge in [0.1, 0.15) is 11.7 Å². The van der Waals surface area contributed by atoms with Crippen molar-refractivity contribution in [3.05, 3.63) is 83.9 Å². The van der Waals surface area contributed by atoms with Gasteiger partial charge >= 0.3 is 17.1 Å². The number of carbonyl (C=O) groups excluding carboxylic acids is 1. The van der Waals surface area contributed by atoms with Gasteiger partial charge in [-0.3, -0.25) is 35.1 Å². The molecular formula is C14H9N3O8. The summed E-state index contributed by atoms with van der Waals surface area (Å²) in [4.78, 5) is 41.9. The monoisotopic (exact) mass is 347 g/mol. The lowest BCUT2D eigenvalue weighted by atomic mass is 9.97. The first-order valence-electron chi connectivity index (χ1n) is 6.63. The molecule has 1 unspecified atom stereocenters. The minimum atomic E-state index is -1.82. The molecule has 2 aromatic rings. The van der Waals surface area contributed by atoms with Crippen molar-refractivity contribution < 1.29 is 24.7 Å². The van der Waals surface area contributed by atoms with Gasteiger partial charge in [-0.25, -0.2) is 0 Å². The van der Waals surface area contributed by atoms with Crippen LogP contribution >= 0.6 is 0 Å². The van der Waals surface area contributed by atoms with E-state index in [4.69, 9.17) is 0 Å². The van der Waals surface area contributed by atoms with Gasteiger partial charge in [0.15, 0.2) is 0 Å². The van der Waals surface area contributed by atoms with E-state index in [2.05, 4.69) is 0 Å². The second-order valence-electron chi connectivity index (χ2n) is 4.78. The van der Waals surface area contributed by atoms with Crippen LogP contribution in [0.5, 0.6) is 0 Å². The predicted molar refractivity (Wildman–Crippen MR) is 82.1 cm³/mol. The van der Waals surface area contributed by atoms with Crippen LogP contribution in [0.2, 0.25) is 0 Å². The van der Waals surface area contributed by atoms with Gasteiger partial charge in [0, 0.05) is 6.07 Å². The number of nitrogens with zero attached hydrogens (tertiary/aromatic N) is 3. The number of nitro benzene ring substituents is 3. The van der Waals surface area contributed by atoms with E-state index in [1.165, 1.54) is 24.3 Å². The summed E-state index contributed by atoms with van der Waals surface area (Å²) in [5.41, 5.74) is -4.55. The highest BCUT2D eigenvalue weighted by Gasteiger charge is 2.41. The smallest absolute Gasteiger partial charge is 0.380 e. The van der Waals surface area contributed by atoms with Crippen LogP contribution in [0.1, 0.15) is 22.0 Å². The molecule has 0 aliphatic rings. The molecule has 2 aromatic carbocycles. The summed E-state index contributed by atoms with van der Waals surface area (Å²) in [7, 11) is 0. The second-order valence-corrected chi connectivity index (χ2v) is 4.78. The van der Waals surface area contributed by atoms with Crippen LogP contribution in [0.15, 0.2) is 42.5 Å². The summed E-state index contributed by atoms with van der Waals surface area (Å²) in [6.45, 7) is 0. The van der Waals surface area contributed by atoms with Crippen molar-refractivity contribution in [1.29, 1.82) is 0 Å². The van der Waals surface area contributed by atoms with E-state index in [-0.39, 0.29) is 5.56 Å². The number of hydrogen-bond acceptors (Lipinski definition) is 8. The van der Waals surface area contributed by atoms with Crippen molar-refractivity contribution in [2.75, 3.05) is 0 Å². The standard InChI is InChI=1S/C14H9N3O8/c18-13(8-4-2-1-3-5-8)14(19)9-6-7-10(15(20)21)12(17(24)25)11(9)16(22)23/h1-7,13,18H. The molecule has 0 saturated heterocycles. The highest BCUT2D eigenvalue weighted by atomic mass is 16.6. The topological polar surface area (TPSA) is 167 Å². The molecule has 11 heteroatoms. The molecule has 0 aromatic heterocycles. The van der Waals surface area contributed by atoms with E-state index in [1.807, 2.05) is 0 Å². The molecule has 1 N–H and O–H groups in total. The molecule has 0 amide bonds.